The highest BCUT2D eigenvalue weighted by Crippen LogP contribution is 2.51. The molecule has 14 heteroatoms. The number of unbranched alkanes of at least 4 members (excludes halogenated alkanes) is 1. The summed E-state index contributed by atoms with van der Waals surface area (Å²) in [7, 11) is -12.9. The maximum Gasteiger partial charge on any atom is 0.439 e. The summed E-state index contributed by atoms with van der Waals surface area (Å²) >= 11 is 0. The van der Waals surface area contributed by atoms with Crippen molar-refractivity contribution >= 4 is 20.1 Å². The number of hydrogen-bond donors (Lipinski definition) is 1. The van der Waals surface area contributed by atoms with Crippen LogP contribution in [-0.4, -0.2) is 55.7 Å². The molecule has 0 radical (unpaired) electrons. The second-order valence-corrected chi connectivity index (χ2v) is 7.81. The van der Waals surface area contributed by atoms with Crippen molar-refractivity contribution in [2.45, 2.75) is 36.2 Å². The van der Waals surface area contributed by atoms with Crippen molar-refractivity contribution < 1.29 is 47.7 Å². The van der Waals surface area contributed by atoms with Gasteiger partial charge in [0.1, 0.15) is 0 Å². The molecule has 0 amide bonds. The lowest BCUT2D eigenvalue weighted by atomic mass is 10.3. The first-order valence-corrected chi connectivity index (χ1v) is 8.42. The number of nitrogens with zero attached hydrogens (tertiary/aromatic N) is 1. The predicted molar refractivity (Wildman–Crippen MR) is 62.8 cm³/mol. The summed E-state index contributed by atoms with van der Waals surface area (Å²) in [6.07, 6.45) is 0.245. The molecule has 0 aromatic heterocycles. The Labute approximate surface area is 122 Å². The molecule has 22 heavy (non-hydrogen) atoms. The van der Waals surface area contributed by atoms with Gasteiger partial charge in [-0.05, 0) is 6.42 Å². The molecule has 0 atom stereocenters. The summed E-state index contributed by atoms with van der Waals surface area (Å²) in [5.41, 5.74) is 0. The molecule has 0 fully saturated rings. The molecular formula is C8H13F6NO5S2. The Morgan fingerprint density at radius 2 is 1.36 bits per heavy atom. The fourth-order valence-corrected chi connectivity index (χ4v) is 2.92. The summed E-state index contributed by atoms with van der Waals surface area (Å²) in [4.78, 5) is 0. The number of rotatable bonds is 8. The molecular weight excluding hydrogens is 368 g/mol. The lowest BCUT2D eigenvalue weighted by Gasteiger charge is -2.32. The van der Waals surface area contributed by atoms with Crippen LogP contribution < -0.4 is 0 Å². The van der Waals surface area contributed by atoms with E-state index in [4.69, 9.17) is 4.55 Å². The molecule has 0 heterocycles. The van der Waals surface area contributed by atoms with E-state index in [-0.39, 0.29) is 17.1 Å². The van der Waals surface area contributed by atoms with Gasteiger partial charge in [-0.1, -0.05) is 13.3 Å². The SMILES string of the molecule is CCCCN(C)S(=O)(=O)C(F)(F)C(F)(F)C(F)(F)S(=O)(=O)O. The zero-order valence-corrected chi connectivity index (χ0v) is 12.9. The van der Waals surface area contributed by atoms with E-state index in [1.807, 2.05) is 0 Å². The van der Waals surface area contributed by atoms with Gasteiger partial charge >= 0.3 is 26.5 Å². The van der Waals surface area contributed by atoms with E-state index >= 15 is 0 Å². The van der Waals surface area contributed by atoms with Gasteiger partial charge in [-0.3, -0.25) is 4.55 Å². The van der Waals surface area contributed by atoms with Gasteiger partial charge < -0.3 is 0 Å². The summed E-state index contributed by atoms with van der Waals surface area (Å²) < 4.78 is 130. The number of halogens is 6. The van der Waals surface area contributed by atoms with E-state index < -0.39 is 43.1 Å². The molecule has 1 N–H and O–H groups in total. The van der Waals surface area contributed by atoms with Crippen molar-refractivity contribution in [2.75, 3.05) is 13.6 Å². The van der Waals surface area contributed by atoms with Crippen LogP contribution in [0.1, 0.15) is 19.8 Å². The maximum atomic E-state index is 13.4. The largest absolute Gasteiger partial charge is 0.439 e. The number of alkyl halides is 6. The smallest absolute Gasteiger partial charge is 0.281 e. The van der Waals surface area contributed by atoms with Gasteiger partial charge in [-0.2, -0.15) is 39.1 Å². The monoisotopic (exact) mass is 381 g/mol. The van der Waals surface area contributed by atoms with Crippen LogP contribution in [0.2, 0.25) is 0 Å². The van der Waals surface area contributed by atoms with Gasteiger partial charge in [0.15, 0.2) is 0 Å². The second-order valence-electron chi connectivity index (χ2n) is 4.26. The van der Waals surface area contributed by atoms with Crippen LogP contribution >= 0.6 is 0 Å². The van der Waals surface area contributed by atoms with Crippen LogP contribution in [0.3, 0.4) is 0 Å². The Kier molecular flexibility index (Phi) is 5.96. The quantitative estimate of drug-likeness (QED) is 0.511. The summed E-state index contributed by atoms with van der Waals surface area (Å²) in [5.74, 6) is -6.90. The van der Waals surface area contributed by atoms with E-state index in [1.54, 1.807) is 0 Å². The first-order chi connectivity index (χ1) is 9.48. The standard InChI is InChI=1S/C8H13F6NO5S2/c1-3-4-5-15(2)21(16,17)7(11,12)6(9,10)8(13,14)22(18,19)20/h3-5H2,1-2H3,(H,18,19,20). The van der Waals surface area contributed by atoms with Crippen molar-refractivity contribution in [2.24, 2.45) is 0 Å². The van der Waals surface area contributed by atoms with Crippen LogP contribution in [-0.2, 0) is 20.1 Å². The van der Waals surface area contributed by atoms with Crippen molar-refractivity contribution in [1.29, 1.82) is 0 Å². The van der Waals surface area contributed by atoms with Crippen molar-refractivity contribution in [3.63, 3.8) is 0 Å². The van der Waals surface area contributed by atoms with Gasteiger partial charge in [0.25, 0.3) is 10.0 Å². The average molecular weight is 381 g/mol. The summed E-state index contributed by atoms with van der Waals surface area (Å²) in [6, 6.07) is 0. The fourth-order valence-electron chi connectivity index (χ4n) is 1.19. The highest BCUT2D eigenvalue weighted by Gasteiger charge is 2.82. The molecule has 0 aromatic rings. The Hall–Kier alpha value is -0.600. The predicted octanol–water partition coefficient (Wildman–Crippen LogP) is 1.76. The van der Waals surface area contributed by atoms with E-state index in [0.717, 1.165) is 0 Å². The molecule has 0 unspecified atom stereocenters. The molecule has 0 bridgehead atoms. The van der Waals surface area contributed by atoms with Crippen LogP contribution in [0.4, 0.5) is 26.3 Å². The molecule has 0 aliphatic heterocycles. The van der Waals surface area contributed by atoms with Crippen LogP contribution in [0.25, 0.3) is 0 Å². The van der Waals surface area contributed by atoms with Crippen LogP contribution in [0.15, 0.2) is 0 Å². The Bertz CT molecular complexity index is 603. The first kappa shape index (κ1) is 21.4. The third-order valence-corrected chi connectivity index (χ3v) is 5.43. The Balaban J connectivity index is 6.01. The molecule has 0 aliphatic rings. The summed E-state index contributed by atoms with van der Waals surface area (Å²) in [6.45, 7) is 0.835. The van der Waals surface area contributed by atoms with Crippen molar-refractivity contribution in [1.82, 2.24) is 4.31 Å². The third-order valence-electron chi connectivity index (χ3n) is 2.62. The van der Waals surface area contributed by atoms with Gasteiger partial charge in [0.05, 0.1) is 0 Å². The van der Waals surface area contributed by atoms with Gasteiger partial charge in [-0.25, -0.2) is 8.42 Å². The molecule has 0 aromatic carbocycles. The van der Waals surface area contributed by atoms with Gasteiger partial charge in [0, 0.05) is 13.6 Å². The number of sulfonamides is 1. The average Bonchev–Trinajstić information content (AvgIpc) is 2.33. The maximum absolute atomic E-state index is 13.4. The molecule has 0 spiro atoms. The molecule has 0 rings (SSSR count). The van der Waals surface area contributed by atoms with E-state index in [0.29, 0.717) is 7.05 Å². The minimum absolute atomic E-state index is 0.0356. The lowest BCUT2D eigenvalue weighted by molar-refractivity contribution is -0.246. The van der Waals surface area contributed by atoms with Gasteiger partial charge in [-0.15, -0.1) is 0 Å². The van der Waals surface area contributed by atoms with E-state index in [2.05, 4.69) is 0 Å². The molecule has 0 saturated heterocycles. The minimum atomic E-state index is -6.99. The highest BCUT2D eigenvalue weighted by atomic mass is 32.2. The first-order valence-electron chi connectivity index (χ1n) is 5.54. The zero-order valence-electron chi connectivity index (χ0n) is 11.2. The van der Waals surface area contributed by atoms with Crippen LogP contribution in [0, 0.1) is 0 Å². The third kappa shape index (κ3) is 3.19. The molecule has 134 valence electrons. The number of hydrogen-bond acceptors (Lipinski definition) is 4. The zero-order chi connectivity index (χ0) is 18.2. The highest BCUT2D eigenvalue weighted by molar-refractivity contribution is 7.90. The minimum Gasteiger partial charge on any atom is -0.281 e. The molecule has 0 aliphatic carbocycles. The second kappa shape index (κ2) is 6.13. The Morgan fingerprint density at radius 3 is 1.68 bits per heavy atom. The van der Waals surface area contributed by atoms with E-state index in [1.165, 1.54) is 6.92 Å². The normalized spacial score (nSPS) is 15.4. The van der Waals surface area contributed by atoms with Gasteiger partial charge in [0.2, 0.25) is 0 Å². The van der Waals surface area contributed by atoms with E-state index in [9.17, 15) is 43.2 Å². The summed E-state index contributed by atoms with van der Waals surface area (Å²) in [5, 5.41) is -13.2. The lowest BCUT2D eigenvalue weighted by Crippen LogP contribution is -2.62. The topological polar surface area (TPSA) is 91.8 Å². The van der Waals surface area contributed by atoms with Crippen LogP contribution in [0.5, 0.6) is 0 Å². The molecule has 0 saturated carbocycles. The van der Waals surface area contributed by atoms with Crippen molar-refractivity contribution in [3.8, 4) is 0 Å². The Morgan fingerprint density at radius 1 is 0.955 bits per heavy atom. The molecule has 6 nitrogen and oxygen atoms in total. The fraction of sp³-hybridized carbons (Fsp3) is 1.00. The van der Waals surface area contributed by atoms with Crippen molar-refractivity contribution in [3.05, 3.63) is 0 Å².